The van der Waals surface area contributed by atoms with Gasteiger partial charge >= 0.3 is 6.08 Å². The maximum Gasteiger partial charge on any atom is 0.417 e. The van der Waals surface area contributed by atoms with Gasteiger partial charge in [0.2, 0.25) is 5.89 Å². The van der Waals surface area contributed by atoms with Gasteiger partial charge in [0, 0.05) is 5.56 Å². The number of hydrogen-bond acceptors (Lipinski definition) is 6. The van der Waals surface area contributed by atoms with E-state index >= 15 is 0 Å². The second kappa shape index (κ2) is 5.12. The molecule has 7 heteroatoms. The molecule has 0 saturated heterocycles. The van der Waals surface area contributed by atoms with E-state index in [0.29, 0.717) is 23.0 Å². The first kappa shape index (κ1) is 12.3. The van der Waals surface area contributed by atoms with Crippen LogP contribution in [0.3, 0.4) is 0 Å². The normalized spacial score (nSPS) is 10.7. The molecule has 0 bridgehead atoms. The Balaban J connectivity index is 1.70. The van der Waals surface area contributed by atoms with E-state index < -0.39 is 0 Å². The Labute approximate surface area is 113 Å². The van der Waals surface area contributed by atoms with Crippen molar-refractivity contribution in [3.8, 4) is 17.4 Å². The summed E-state index contributed by atoms with van der Waals surface area (Å²) in [6, 6.07) is 6.06. The second-order valence-corrected chi connectivity index (χ2v) is 4.02. The maximum absolute atomic E-state index is 13.1. The van der Waals surface area contributed by atoms with Crippen molar-refractivity contribution in [2.75, 3.05) is 0 Å². The topological polar surface area (TPSA) is 74.2 Å². The Bertz CT molecular complexity index is 723. The Hall–Kier alpha value is -2.70. The molecule has 0 spiro atoms. The van der Waals surface area contributed by atoms with Crippen LogP contribution in [0.15, 0.2) is 39.4 Å². The minimum absolute atomic E-state index is 0.0491. The van der Waals surface area contributed by atoms with Gasteiger partial charge in [-0.2, -0.15) is 4.98 Å². The summed E-state index contributed by atoms with van der Waals surface area (Å²) < 4.78 is 28.6. The number of nitrogens with zero attached hydrogens (tertiary/aromatic N) is 3. The van der Waals surface area contributed by atoms with Crippen molar-refractivity contribution < 1.29 is 18.1 Å². The highest BCUT2D eigenvalue weighted by molar-refractivity contribution is 5.55. The molecule has 0 atom stereocenters. The largest absolute Gasteiger partial charge is 0.439 e. The van der Waals surface area contributed by atoms with E-state index in [9.17, 15) is 4.39 Å². The summed E-state index contributed by atoms with van der Waals surface area (Å²) in [5.74, 6) is 0.941. The van der Waals surface area contributed by atoms with Crippen LogP contribution in [0.1, 0.15) is 11.7 Å². The molecule has 0 aliphatic heterocycles. The van der Waals surface area contributed by atoms with Gasteiger partial charge in [-0.05, 0) is 19.1 Å². The van der Waals surface area contributed by atoms with Gasteiger partial charge < -0.3 is 9.15 Å². The monoisotopic (exact) mass is 275 g/mol. The first-order valence-corrected chi connectivity index (χ1v) is 5.84. The Morgan fingerprint density at radius 3 is 3.00 bits per heavy atom. The van der Waals surface area contributed by atoms with Gasteiger partial charge in [-0.1, -0.05) is 17.3 Å². The quantitative estimate of drug-likeness (QED) is 0.728. The Kier molecular flexibility index (Phi) is 3.16. The van der Waals surface area contributed by atoms with Crippen LogP contribution in [0.2, 0.25) is 0 Å². The van der Waals surface area contributed by atoms with Gasteiger partial charge in [-0.3, -0.25) is 4.52 Å². The maximum atomic E-state index is 13.1. The molecular weight excluding hydrogens is 265 g/mol. The highest BCUT2D eigenvalue weighted by atomic mass is 19.1. The molecule has 0 aliphatic carbocycles. The van der Waals surface area contributed by atoms with E-state index in [1.165, 1.54) is 18.3 Å². The third-order valence-corrected chi connectivity index (χ3v) is 2.49. The number of aromatic nitrogens is 3. The van der Waals surface area contributed by atoms with Crippen LogP contribution >= 0.6 is 0 Å². The van der Waals surface area contributed by atoms with Crippen LogP contribution in [-0.2, 0) is 6.61 Å². The lowest BCUT2D eigenvalue weighted by Crippen LogP contribution is -1.95. The average Bonchev–Trinajstić information content (AvgIpc) is 3.05. The molecule has 1 aromatic carbocycles. The van der Waals surface area contributed by atoms with E-state index in [0.717, 1.165) is 0 Å². The standard InChI is InChI=1S/C13H10FN3O3/c1-8-16-13(20-17-8)18-7-12-15-6-11(19-12)9-3-2-4-10(14)5-9/h2-6H,7H2,1H3. The van der Waals surface area contributed by atoms with Crippen molar-refractivity contribution in [1.29, 1.82) is 0 Å². The molecule has 2 heterocycles. The molecule has 2 aromatic heterocycles. The zero-order valence-electron chi connectivity index (χ0n) is 10.5. The smallest absolute Gasteiger partial charge is 0.417 e. The molecule has 102 valence electrons. The summed E-state index contributed by atoms with van der Waals surface area (Å²) in [4.78, 5) is 7.92. The summed E-state index contributed by atoms with van der Waals surface area (Å²) in [5, 5.41) is 3.59. The van der Waals surface area contributed by atoms with Crippen molar-refractivity contribution in [2.45, 2.75) is 13.5 Å². The molecule has 0 radical (unpaired) electrons. The molecule has 0 amide bonds. The van der Waals surface area contributed by atoms with Crippen molar-refractivity contribution >= 4 is 0 Å². The number of oxazole rings is 1. The molecular formula is C13H10FN3O3. The molecule has 3 aromatic rings. The van der Waals surface area contributed by atoms with Crippen LogP contribution in [0.25, 0.3) is 11.3 Å². The average molecular weight is 275 g/mol. The lowest BCUT2D eigenvalue weighted by Gasteiger charge is -1.97. The van der Waals surface area contributed by atoms with Gasteiger partial charge in [0.25, 0.3) is 0 Å². The predicted octanol–water partition coefficient (Wildman–Crippen LogP) is 2.75. The predicted molar refractivity (Wildman–Crippen MR) is 65.3 cm³/mol. The summed E-state index contributed by atoms with van der Waals surface area (Å²) in [7, 11) is 0. The van der Waals surface area contributed by atoms with Crippen LogP contribution in [-0.4, -0.2) is 15.1 Å². The third-order valence-electron chi connectivity index (χ3n) is 2.49. The molecule has 0 saturated carbocycles. The number of ether oxygens (including phenoxy) is 1. The lowest BCUT2D eigenvalue weighted by atomic mass is 10.2. The van der Waals surface area contributed by atoms with Crippen molar-refractivity contribution in [3.05, 3.63) is 48.0 Å². The number of aryl methyl sites for hydroxylation is 1. The first-order valence-electron chi connectivity index (χ1n) is 5.84. The highest BCUT2D eigenvalue weighted by Gasteiger charge is 2.10. The molecule has 0 N–H and O–H groups in total. The van der Waals surface area contributed by atoms with Crippen LogP contribution in [0.4, 0.5) is 4.39 Å². The van der Waals surface area contributed by atoms with Gasteiger partial charge in [-0.25, -0.2) is 9.37 Å². The van der Waals surface area contributed by atoms with Gasteiger partial charge in [0.15, 0.2) is 18.2 Å². The number of benzene rings is 1. The zero-order chi connectivity index (χ0) is 13.9. The van der Waals surface area contributed by atoms with Crippen LogP contribution < -0.4 is 4.74 Å². The SMILES string of the molecule is Cc1noc(OCc2ncc(-c3cccc(F)c3)o2)n1. The highest BCUT2D eigenvalue weighted by Crippen LogP contribution is 2.21. The Morgan fingerprint density at radius 2 is 2.25 bits per heavy atom. The molecule has 20 heavy (non-hydrogen) atoms. The summed E-state index contributed by atoms with van der Waals surface area (Å²) >= 11 is 0. The van der Waals surface area contributed by atoms with Crippen molar-refractivity contribution in [3.63, 3.8) is 0 Å². The first-order chi connectivity index (χ1) is 9.70. The number of halogens is 1. The fourth-order valence-corrected chi connectivity index (χ4v) is 1.61. The summed E-state index contributed by atoms with van der Waals surface area (Å²) in [6.07, 6.45) is 1.56. The minimum Gasteiger partial charge on any atom is -0.439 e. The Morgan fingerprint density at radius 1 is 1.35 bits per heavy atom. The van der Waals surface area contributed by atoms with Crippen LogP contribution in [0, 0.1) is 12.7 Å². The second-order valence-electron chi connectivity index (χ2n) is 4.02. The van der Waals surface area contributed by atoms with E-state index in [-0.39, 0.29) is 18.5 Å². The molecule has 3 rings (SSSR count). The van der Waals surface area contributed by atoms with Gasteiger partial charge in [0.05, 0.1) is 6.20 Å². The number of hydrogen-bond donors (Lipinski definition) is 0. The molecule has 0 fully saturated rings. The third kappa shape index (κ3) is 2.66. The molecule has 0 aliphatic rings. The van der Waals surface area contributed by atoms with E-state index in [4.69, 9.17) is 13.7 Å². The molecule has 0 unspecified atom stereocenters. The summed E-state index contributed by atoms with van der Waals surface area (Å²) in [5.41, 5.74) is 0.609. The van der Waals surface area contributed by atoms with Crippen molar-refractivity contribution in [2.24, 2.45) is 0 Å². The van der Waals surface area contributed by atoms with Crippen molar-refractivity contribution in [1.82, 2.24) is 15.1 Å². The van der Waals surface area contributed by atoms with Gasteiger partial charge in [0.1, 0.15) is 5.82 Å². The minimum atomic E-state index is -0.335. The fraction of sp³-hybridized carbons (Fsp3) is 0.154. The van der Waals surface area contributed by atoms with E-state index in [1.807, 2.05) is 0 Å². The lowest BCUT2D eigenvalue weighted by molar-refractivity contribution is 0.177. The van der Waals surface area contributed by atoms with E-state index in [1.54, 1.807) is 19.1 Å². The van der Waals surface area contributed by atoms with Crippen LogP contribution in [0.5, 0.6) is 6.08 Å². The zero-order valence-corrected chi connectivity index (χ0v) is 10.5. The number of rotatable bonds is 4. The summed E-state index contributed by atoms with van der Waals surface area (Å²) in [6.45, 7) is 1.74. The van der Waals surface area contributed by atoms with E-state index in [2.05, 4.69) is 15.1 Å². The fourth-order valence-electron chi connectivity index (χ4n) is 1.61. The molecule has 6 nitrogen and oxygen atoms in total. The van der Waals surface area contributed by atoms with Gasteiger partial charge in [-0.15, -0.1) is 0 Å².